The standard InChI is InChI=1S/C10H16N2O4/c13-8(14)5-16-12-9(15)11-6-10(3-4-10)7-1-2-7/h7H,1-6H2,(H,13,14)(H2,11,12,15). The van der Waals surface area contributed by atoms with Crippen molar-refractivity contribution in [3.63, 3.8) is 0 Å². The summed E-state index contributed by atoms with van der Waals surface area (Å²) in [7, 11) is 0. The van der Waals surface area contributed by atoms with Crippen molar-refractivity contribution >= 4 is 12.0 Å². The van der Waals surface area contributed by atoms with Crippen LogP contribution in [0.3, 0.4) is 0 Å². The summed E-state index contributed by atoms with van der Waals surface area (Å²) < 4.78 is 0. The second-order valence-corrected chi connectivity index (χ2v) is 4.60. The Morgan fingerprint density at radius 1 is 1.38 bits per heavy atom. The number of carboxylic acids is 1. The third-order valence-corrected chi connectivity index (χ3v) is 3.30. The lowest BCUT2D eigenvalue weighted by atomic mass is 10.0. The number of hydrogen-bond acceptors (Lipinski definition) is 3. The molecule has 6 heteroatoms. The van der Waals surface area contributed by atoms with E-state index in [-0.39, 0.29) is 0 Å². The Kier molecular flexibility index (Phi) is 3.00. The minimum absolute atomic E-state index is 0.337. The first kappa shape index (κ1) is 11.2. The van der Waals surface area contributed by atoms with Crippen LogP contribution in [-0.2, 0) is 9.63 Å². The van der Waals surface area contributed by atoms with Crippen molar-refractivity contribution in [1.29, 1.82) is 0 Å². The molecule has 0 atom stereocenters. The lowest BCUT2D eigenvalue weighted by Crippen LogP contribution is -2.40. The molecule has 16 heavy (non-hydrogen) atoms. The van der Waals surface area contributed by atoms with E-state index in [0.29, 0.717) is 12.0 Å². The maximum atomic E-state index is 11.2. The summed E-state index contributed by atoms with van der Waals surface area (Å²) in [6.45, 7) is 0.140. The predicted molar refractivity (Wildman–Crippen MR) is 54.5 cm³/mol. The minimum atomic E-state index is -1.11. The fourth-order valence-corrected chi connectivity index (χ4v) is 2.04. The first-order valence-corrected chi connectivity index (χ1v) is 5.50. The molecule has 0 aromatic carbocycles. The van der Waals surface area contributed by atoms with Gasteiger partial charge >= 0.3 is 12.0 Å². The van der Waals surface area contributed by atoms with E-state index in [9.17, 15) is 9.59 Å². The van der Waals surface area contributed by atoms with Crippen LogP contribution in [0.4, 0.5) is 4.79 Å². The molecule has 2 fully saturated rings. The summed E-state index contributed by atoms with van der Waals surface area (Å²) in [5, 5.41) is 11.0. The predicted octanol–water partition coefficient (Wildman–Crippen LogP) is 0.492. The topological polar surface area (TPSA) is 87.7 Å². The average Bonchev–Trinajstić information content (AvgIpc) is 3.06. The normalized spacial score (nSPS) is 21.2. The molecule has 0 spiro atoms. The second-order valence-electron chi connectivity index (χ2n) is 4.60. The highest BCUT2D eigenvalue weighted by Crippen LogP contribution is 2.60. The highest BCUT2D eigenvalue weighted by atomic mass is 16.7. The van der Waals surface area contributed by atoms with Crippen molar-refractivity contribution in [2.24, 2.45) is 11.3 Å². The summed E-state index contributed by atoms with van der Waals surface area (Å²) in [6.07, 6.45) is 4.93. The van der Waals surface area contributed by atoms with Gasteiger partial charge in [0.15, 0.2) is 6.61 Å². The van der Waals surface area contributed by atoms with Gasteiger partial charge in [-0.25, -0.2) is 15.1 Å². The van der Waals surface area contributed by atoms with Crippen LogP contribution in [-0.4, -0.2) is 30.3 Å². The van der Waals surface area contributed by atoms with Crippen LogP contribution in [0.15, 0.2) is 0 Å². The molecule has 3 N–H and O–H groups in total. The van der Waals surface area contributed by atoms with Crippen LogP contribution in [0.25, 0.3) is 0 Å². The second kappa shape index (κ2) is 4.29. The molecular formula is C10H16N2O4. The third kappa shape index (κ3) is 2.85. The Labute approximate surface area is 93.3 Å². The van der Waals surface area contributed by atoms with Gasteiger partial charge in [-0.05, 0) is 37.0 Å². The number of urea groups is 1. The molecule has 2 rings (SSSR count). The number of carboxylic acid groups (broad SMARTS) is 1. The van der Waals surface area contributed by atoms with Crippen molar-refractivity contribution in [2.45, 2.75) is 25.7 Å². The molecule has 0 saturated heterocycles. The van der Waals surface area contributed by atoms with Crippen LogP contribution < -0.4 is 10.8 Å². The van der Waals surface area contributed by atoms with Crippen molar-refractivity contribution < 1.29 is 19.5 Å². The summed E-state index contributed by atoms with van der Waals surface area (Å²) in [6, 6.07) is -0.465. The van der Waals surface area contributed by atoms with Crippen LogP contribution in [0.1, 0.15) is 25.7 Å². The largest absolute Gasteiger partial charge is 0.479 e. The van der Waals surface area contributed by atoms with E-state index in [0.717, 1.165) is 5.92 Å². The van der Waals surface area contributed by atoms with Crippen LogP contribution in [0, 0.1) is 11.3 Å². The van der Waals surface area contributed by atoms with Crippen molar-refractivity contribution in [1.82, 2.24) is 10.8 Å². The zero-order chi connectivity index (χ0) is 11.6. The van der Waals surface area contributed by atoms with E-state index in [2.05, 4.69) is 10.2 Å². The molecule has 0 unspecified atom stereocenters. The fraction of sp³-hybridized carbons (Fsp3) is 0.800. The van der Waals surface area contributed by atoms with Crippen LogP contribution in [0.5, 0.6) is 0 Å². The first-order valence-electron chi connectivity index (χ1n) is 5.50. The molecule has 0 aromatic heterocycles. The molecule has 2 amide bonds. The fourth-order valence-electron chi connectivity index (χ4n) is 2.04. The average molecular weight is 228 g/mol. The molecule has 0 bridgehead atoms. The molecule has 2 aliphatic rings. The maximum Gasteiger partial charge on any atom is 0.338 e. The number of amides is 2. The summed E-state index contributed by atoms with van der Waals surface area (Å²) in [5.41, 5.74) is 2.38. The SMILES string of the molecule is O=C(O)CONC(=O)NCC1(C2CC2)CC1. The summed E-state index contributed by atoms with van der Waals surface area (Å²) in [4.78, 5) is 25.8. The van der Waals surface area contributed by atoms with Crippen molar-refractivity contribution in [3.05, 3.63) is 0 Å². The smallest absolute Gasteiger partial charge is 0.338 e. The lowest BCUT2D eigenvalue weighted by Gasteiger charge is -2.14. The number of nitrogens with one attached hydrogen (secondary N) is 2. The molecule has 0 aliphatic heterocycles. The molecule has 2 saturated carbocycles. The van der Waals surface area contributed by atoms with Crippen molar-refractivity contribution in [2.75, 3.05) is 13.2 Å². The quantitative estimate of drug-likeness (QED) is 0.577. The molecule has 2 aliphatic carbocycles. The van der Waals surface area contributed by atoms with E-state index in [1.165, 1.54) is 25.7 Å². The van der Waals surface area contributed by atoms with Gasteiger partial charge in [0, 0.05) is 6.54 Å². The maximum absolute atomic E-state index is 11.2. The van der Waals surface area contributed by atoms with E-state index in [1.807, 2.05) is 5.48 Å². The van der Waals surface area contributed by atoms with Gasteiger partial charge in [-0.2, -0.15) is 0 Å². The van der Waals surface area contributed by atoms with E-state index in [4.69, 9.17) is 5.11 Å². The Morgan fingerprint density at radius 3 is 2.56 bits per heavy atom. The Bertz CT molecular complexity index is 297. The Balaban J connectivity index is 1.59. The van der Waals surface area contributed by atoms with E-state index < -0.39 is 18.6 Å². The number of aliphatic carboxylic acids is 1. The number of rotatable bonds is 6. The lowest BCUT2D eigenvalue weighted by molar-refractivity contribution is -0.144. The molecule has 90 valence electrons. The third-order valence-electron chi connectivity index (χ3n) is 3.30. The Hall–Kier alpha value is -1.30. The summed E-state index contributed by atoms with van der Waals surface area (Å²) in [5.74, 6) is -0.329. The number of hydroxylamine groups is 1. The van der Waals surface area contributed by atoms with Gasteiger partial charge in [-0.1, -0.05) is 0 Å². The molecular weight excluding hydrogens is 212 g/mol. The molecule has 0 radical (unpaired) electrons. The van der Waals surface area contributed by atoms with Crippen molar-refractivity contribution in [3.8, 4) is 0 Å². The number of carbonyl (C=O) groups excluding carboxylic acids is 1. The van der Waals surface area contributed by atoms with Gasteiger partial charge < -0.3 is 10.4 Å². The Morgan fingerprint density at radius 2 is 2.06 bits per heavy atom. The highest BCUT2D eigenvalue weighted by Gasteiger charge is 2.53. The zero-order valence-electron chi connectivity index (χ0n) is 8.99. The van der Waals surface area contributed by atoms with Gasteiger partial charge in [0.2, 0.25) is 0 Å². The minimum Gasteiger partial charge on any atom is -0.479 e. The van der Waals surface area contributed by atoms with Crippen LogP contribution in [0.2, 0.25) is 0 Å². The van der Waals surface area contributed by atoms with Gasteiger partial charge in [-0.3, -0.25) is 4.84 Å². The van der Waals surface area contributed by atoms with Gasteiger partial charge in [0.1, 0.15) is 0 Å². The van der Waals surface area contributed by atoms with Gasteiger partial charge in [0.05, 0.1) is 0 Å². The van der Waals surface area contributed by atoms with Crippen LogP contribution >= 0.6 is 0 Å². The number of hydrogen-bond donors (Lipinski definition) is 3. The number of carbonyl (C=O) groups is 2. The van der Waals surface area contributed by atoms with Gasteiger partial charge in [-0.15, -0.1) is 0 Å². The van der Waals surface area contributed by atoms with E-state index >= 15 is 0 Å². The molecule has 0 aromatic rings. The monoisotopic (exact) mass is 228 g/mol. The molecule has 6 nitrogen and oxygen atoms in total. The van der Waals surface area contributed by atoms with Gasteiger partial charge in [0.25, 0.3) is 0 Å². The first-order chi connectivity index (χ1) is 7.62. The highest BCUT2D eigenvalue weighted by molar-refractivity contribution is 5.73. The summed E-state index contributed by atoms with van der Waals surface area (Å²) >= 11 is 0. The zero-order valence-corrected chi connectivity index (χ0v) is 8.99. The molecule has 0 heterocycles. The van der Waals surface area contributed by atoms with E-state index in [1.54, 1.807) is 0 Å².